The molecule has 0 fully saturated rings. The Morgan fingerprint density at radius 3 is 2.70 bits per heavy atom. The van der Waals surface area contributed by atoms with Crippen LogP contribution in [0.3, 0.4) is 0 Å². The molecule has 0 spiro atoms. The number of esters is 1. The van der Waals surface area contributed by atoms with Crippen LogP contribution < -0.4 is 5.32 Å². The number of aliphatic hydroxyl groups excluding tert-OH is 1. The Morgan fingerprint density at radius 1 is 1.40 bits per heavy atom. The van der Waals surface area contributed by atoms with Crippen molar-refractivity contribution in [2.24, 2.45) is 0 Å². The van der Waals surface area contributed by atoms with Crippen LogP contribution in [0.1, 0.15) is 18.4 Å². The number of rotatable bonds is 6. The van der Waals surface area contributed by atoms with Gasteiger partial charge in [0.15, 0.2) is 6.29 Å². The highest BCUT2D eigenvalue weighted by Gasteiger charge is 2.07. The Morgan fingerprint density at radius 2 is 2.15 bits per heavy atom. The fraction of sp³-hybridized carbons (Fsp3) is 0.308. The second-order valence-corrected chi connectivity index (χ2v) is 3.87. The number of hydrogen-bond donors (Lipinski definition) is 3. The molecule has 1 amide bonds. The molecule has 0 atom stereocenters. The van der Waals surface area contributed by atoms with Gasteiger partial charge in [0.1, 0.15) is 5.82 Å². The highest BCUT2D eigenvalue weighted by molar-refractivity contribution is 5.91. The van der Waals surface area contributed by atoms with Crippen LogP contribution in [0.15, 0.2) is 24.4 Å². The molecule has 1 rings (SSSR count). The van der Waals surface area contributed by atoms with E-state index in [1.165, 1.54) is 25.5 Å². The first-order valence-electron chi connectivity index (χ1n) is 5.88. The maximum Gasteiger partial charge on any atom is 0.306 e. The summed E-state index contributed by atoms with van der Waals surface area (Å²) >= 11 is 0. The van der Waals surface area contributed by atoms with E-state index in [1.54, 1.807) is 12.1 Å². The van der Waals surface area contributed by atoms with Crippen molar-refractivity contribution in [3.8, 4) is 0 Å². The molecular formula is C13H16N2O5. The zero-order valence-electron chi connectivity index (χ0n) is 10.9. The fourth-order valence-corrected chi connectivity index (χ4v) is 1.30. The summed E-state index contributed by atoms with van der Waals surface area (Å²) in [4.78, 5) is 26.3. The number of pyridine rings is 1. The Balaban J connectivity index is 2.48. The molecule has 0 aromatic carbocycles. The quantitative estimate of drug-likeness (QED) is 0.510. The first kappa shape index (κ1) is 15.8. The zero-order chi connectivity index (χ0) is 15.0. The van der Waals surface area contributed by atoms with E-state index < -0.39 is 12.3 Å². The van der Waals surface area contributed by atoms with Crippen molar-refractivity contribution < 1.29 is 24.5 Å². The molecule has 0 aliphatic rings. The van der Waals surface area contributed by atoms with E-state index in [1.807, 2.05) is 0 Å². The van der Waals surface area contributed by atoms with Crippen LogP contribution >= 0.6 is 0 Å². The number of methoxy groups -OCH3 is 1. The summed E-state index contributed by atoms with van der Waals surface area (Å²) in [6, 6.07) is 3.22. The third-order valence-electron chi connectivity index (χ3n) is 2.30. The molecule has 0 aliphatic carbocycles. The number of ether oxygens (including phenoxy) is 1. The average Bonchev–Trinajstić information content (AvgIpc) is 2.44. The number of aliphatic hydroxyl groups is 2. The minimum Gasteiger partial charge on any atom is -0.469 e. The molecule has 0 saturated heterocycles. The Hall–Kier alpha value is -2.25. The molecule has 0 aliphatic heterocycles. The van der Waals surface area contributed by atoms with Crippen LogP contribution in [-0.2, 0) is 14.3 Å². The lowest BCUT2D eigenvalue weighted by atomic mass is 10.2. The monoisotopic (exact) mass is 280 g/mol. The number of nitrogens with zero attached hydrogens (tertiary/aromatic N) is 1. The normalized spacial score (nSPS) is 10.8. The highest BCUT2D eigenvalue weighted by Crippen LogP contribution is 2.08. The average molecular weight is 280 g/mol. The van der Waals surface area contributed by atoms with E-state index in [2.05, 4.69) is 15.0 Å². The van der Waals surface area contributed by atoms with E-state index in [-0.39, 0.29) is 18.7 Å². The van der Waals surface area contributed by atoms with Crippen LogP contribution in [0.25, 0.3) is 6.08 Å². The summed E-state index contributed by atoms with van der Waals surface area (Å²) < 4.78 is 4.43. The van der Waals surface area contributed by atoms with Gasteiger partial charge in [0, 0.05) is 12.6 Å². The molecule has 1 heterocycles. The molecule has 3 N–H and O–H groups in total. The first-order chi connectivity index (χ1) is 9.51. The Labute approximate surface area is 115 Å². The summed E-state index contributed by atoms with van der Waals surface area (Å²) in [7, 11) is 1.26. The number of carbonyl (C=O) groups excluding carboxylic acids is 2. The second kappa shape index (κ2) is 8.03. The van der Waals surface area contributed by atoms with Crippen LogP contribution in [0.4, 0.5) is 5.82 Å². The molecule has 108 valence electrons. The molecule has 1 aromatic heterocycles. The third kappa shape index (κ3) is 6.07. The van der Waals surface area contributed by atoms with Gasteiger partial charge in [-0.15, -0.1) is 0 Å². The molecule has 1 aromatic rings. The van der Waals surface area contributed by atoms with E-state index in [4.69, 9.17) is 10.2 Å². The van der Waals surface area contributed by atoms with Gasteiger partial charge in [-0.1, -0.05) is 6.08 Å². The van der Waals surface area contributed by atoms with Crippen molar-refractivity contribution in [2.75, 3.05) is 12.4 Å². The molecule has 0 unspecified atom stereocenters. The minimum absolute atomic E-state index is 0.0115. The SMILES string of the molecule is COC(=O)CCC(=O)Nc1ccc(/C=C/C(O)O)cn1. The van der Waals surface area contributed by atoms with Gasteiger partial charge in [-0.05, 0) is 23.8 Å². The van der Waals surface area contributed by atoms with Crippen molar-refractivity contribution in [1.82, 2.24) is 4.98 Å². The van der Waals surface area contributed by atoms with Crippen molar-refractivity contribution in [1.29, 1.82) is 0 Å². The number of anilines is 1. The van der Waals surface area contributed by atoms with Crippen LogP contribution in [0.2, 0.25) is 0 Å². The molecule has 0 radical (unpaired) electrons. The Kier molecular flexibility index (Phi) is 6.34. The molecule has 20 heavy (non-hydrogen) atoms. The molecule has 7 nitrogen and oxygen atoms in total. The van der Waals surface area contributed by atoms with Crippen molar-refractivity contribution in [3.05, 3.63) is 30.0 Å². The summed E-state index contributed by atoms with van der Waals surface area (Å²) in [5.74, 6) is -0.435. The van der Waals surface area contributed by atoms with Gasteiger partial charge in [-0.2, -0.15) is 0 Å². The van der Waals surface area contributed by atoms with Gasteiger partial charge < -0.3 is 20.3 Å². The number of amides is 1. The second-order valence-electron chi connectivity index (χ2n) is 3.87. The van der Waals surface area contributed by atoms with E-state index >= 15 is 0 Å². The molecule has 7 heteroatoms. The van der Waals surface area contributed by atoms with Gasteiger partial charge in [0.25, 0.3) is 0 Å². The van der Waals surface area contributed by atoms with E-state index in [0.29, 0.717) is 11.4 Å². The Bertz CT molecular complexity index is 482. The number of nitrogens with one attached hydrogen (secondary N) is 1. The van der Waals surface area contributed by atoms with E-state index in [9.17, 15) is 9.59 Å². The lowest BCUT2D eigenvalue weighted by Gasteiger charge is -2.04. The predicted octanol–water partition coefficient (Wildman–Crippen LogP) is 0.297. The summed E-state index contributed by atoms with van der Waals surface area (Å²) in [6.07, 6.45) is 2.65. The molecule has 0 bridgehead atoms. The van der Waals surface area contributed by atoms with Crippen molar-refractivity contribution in [3.63, 3.8) is 0 Å². The number of carbonyl (C=O) groups is 2. The number of aromatic nitrogens is 1. The highest BCUT2D eigenvalue weighted by atomic mass is 16.5. The summed E-state index contributed by atoms with van der Waals surface area (Å²) in [5.41, 5.74) is 0.658. The third-order valence-corrected chi connectivity index (χ3v) is 2.30. The predicted molar refractivity (Wildman–Crippen MR) is 71.4 cm³/mol. The molecular weight excluding hydrogens is 264 g/mol. The van der Waals surface area contributed by atoms with Crippen LogP contribution in [-0.4, -0.2) is 40.5 Å². The summed E-state index contributed by atoms with van der Waals surface area (Å²) in [6.45, 7) is 0. The van der Waals surface area contributed by atoms with Crippen molar-refractivity contribution in [2.45, 2.75) is 19.1 Å². The lowest BCUT2D eigenvalue weighted by Crippen LogP contribution is -2.14. The fourth-order valence-electron chi connectivity index (χ4n) is 1.30. The van der Waals surface area contributed by atoms with Gasteiger partial charge in [0.2, 0.25) is 5.91 Å². The van der Waals surface area contributed by atoms with Gasteiger partial charge in [0.05, 0.1) is 13.5 Å². The minimum atomic E-state index is -1.52. The topological polar surface area (TPSA) is 109 Å². The standard InChI is InChI=1S/C13H16N2O5/c1-20-13(19)7-5-11(16)15-10-4-2-9(8-14-10)3-6-12(17)18/h2-4,6,8,12,17-18H,5,7H2,1H3,(H,14,15,16)/b6-3+. The van der Waals surface area contributed by atoms with Crippen molar-refractivity contribution >= 4 is 23.8 Å². The maximum atomic E-state index is 11.5. The van der Waals surface area contributed by atoms with E-state index in [0.717, 1.165) is 0 Å². The smallest absolute Gasteiger partial charge is 0.306 e. The zero-order valence-corrected chi connectivity index (χ0v) is 10.9. The molecule has 0 saturated carbocycles. The summed E-state index contributed by atoms with van der Waals surface area (Å²) in [5, 5.41) is 19.9. The van der Waals surface area contributed by atoms with Gasteiger partial charge in [-0.25, -0.2) is 4.98 Å². The maximum absolute atomic E-state index is 11.5. The first-order valence-corrected chi connectivity index (χ1v) is 5.88. The lowest BCUT2D eigenvalue weighted by molar-refractivity contribution is -0.141. The largest absolute Gasteiger partial charge is 0.469 e. The number of hydrogen-bond acceptors (Lipinski definition) is 6. The van der Waals surface area contributed by atoms with Crippen LogP contribution in [0.5, 0.6) is 0 Å². The van der Waals surface area contributed by atoms with Gasteiger partial charge in [-0.3, -0.25) is 9.59 Å². The van der Waals surface area contributed by atoms with Gasteiger partial charge >= 0.3 is 5.97 Å². The van der Waals surface area contributed by atoms with Crippen LogP contribution in [0, 0.1) is 0 Å².